The molecule has 5 rings (SSSR count). The number of hydrogen-bond donors (Lipinski definition) is 2. The first-order valence-electron chi connectivity index (χ1n) is 11.1. The Hall–Kier alpha value is -2.51. The van der Waals surface area contributed by atoms with Crippen LogP contribution in [0.4, 0.5) is 5.69 Å². The van der Waals surface area contributed by atoms with Gasteiger partial charge in [-0.05, 0) is 42.5 Å². The van der Waals surface area contributed by atoms with E-state index in [1.807, 2.05) is 48.5 Å². The van der Waals surface area contributed by atoms with Gasteiger partial charge in [0.2, 0.25) is 17.7 Å². The van der Waals surface area contributed by atoms with Crippen molar-refractivity contribution in [2.24, 2.45) is 17.8 Å². The summed E-state index contributed by atoms with van der Waals surface area (Å²) in [6, 6.07) is 15.2. The highest BCUT2D eigenvalue weighted by molar-refractivity contribution is 9.10. The molecule has 166 valence electrons. The molecule has 3 heterocycles. The van der Waals surface area contributed by atoms with Crippen LogP contribution in [0.15, 0.2) is 53.0 Å². The maximum atomic E-state index is 13.7. The zero-order valence-electron chi connectivity index (χ0n) is 18.1. The van der Waals surface area contributed by atoms with E-state index < -0.39 is 17.4 Å². The average Bonchev–Trinajstić information content (AvgIpc) is 3.32. The van der Waals surface area contributed by atoms with E-state index >= 15 is 0 Å². The van der Waals surface area contributed by atoms with Crippen LogP contribution in [0.1, 0.15) is 31.4 Å². The lowest BCUT2D eigenvalue weighted by Gasteiger charge is -2.30. The fourth-order valence-electron chi connectivity index (χ4n) is 5.65. The van der Waals surface area contributed by atoms with Crippen LogP contribution in [-0.4, -0.2) is 35.2 Å². The SMILES string of the molecule is CC(C)C[C@@H]1N[C@]2(C(=O)Nc3ccc(Br)cc32)[C@@H]2C(=O)N(CCc3ccccc3)C(=O)[C@H]12. The first kappa shape index (κ1) is 21.3. The van der Waals surface area contributed by atoms with Gasteiger partial charge in [-0.3, -0.25) is 24.6 Å². The quantitative estimate of drug-likeness (QED) is 0.622. The second kappa shape index (κ2) is 7.81. The molecule has 0 bridgehead atoms. The van der Waals surface area contributed by atoms with Gasteiger partial charge in [-0.25, -0.2) is 0 Å². The molecule has 0 aliphatic carbocycles. The summed E-state index contributed by atoms with van der Waals surface area (Å²) in [5, 5.41) is 6.43. The van der Waals surface area contributed by atoms with Crippen molar-refractivity contribution in [2.75, 3.05) is 11.9 Å². The van der Waals surface area contributed by atoms with Crippen LogP contribution in [-0.2, 0) is 26.3 Å². The fourth-order valence-corrected chi connectivity index (χ4v) is 6.01. The van der Waals surface area contributed by atoms with Crippen LogP contribution in [0.3, 0.4) is 0 Å². The highest BCUT2D eigenvalue weighted by Gasteiger charge is 2.70. The molecular weight excluding hydrogens is 470 g/mol. The molecule has 3 amide bonds. The van der Waals surface area contributed by atoms with Gasteiger partial charge in [0.15, 0.2) is 0 Å². The van der Waals surface area contributed by atoms with E-state index in [1.54, 1.807) is 0 Å². The summed E-state index contributed by atoms with van der Waals surface area (Å²) in [6.45, 7) is 4.51. The molecule has 2 fully saturated rings. The Morgan fingerprint density at radius 2 is 1.81 bits per heavy atom. The van der Waals surface area contributed by atoms with Crippen molar-refractivity contribution in [2.45, 2.75) is 38.3 Å². The number of likely N-dealkylation sites (tertiary alicyclic amines) is 1. The van der Waals surface area contributed by atoms with Gasteiger partial charge in [-0.1, -0.05) is 60.1 Å². The third kappa shape index (κ3) is 3.13. The van der Waals surface area contributed by atoms with Gasteiger partial charge < -0.3 is 5.32 Å². The molecule has 6 nitrogen and oxygen atoms in total. The topological polar surface area (TPSA) is 78.5 Å². The molecule has 3 aliphatic rings. The van der Waals surface area contributed by atoms with Crippen LogP contribution < -0.4 is 10.6 Å². The zero-order valence-corrected chi connectivity index (χ0v) is 19.7. The van der Waals surface area contributed by atoms with Crippen molar-refractivity contribution in [3.8, 4) is 0 Å². The van der Waals surface area contributed by atoms with Crippen LogP contribution in [0, 0.1) is 17.8 Å². The number of benzene rings is 2. The molecule has 0 radical (unpaired) electrons. The summed E-state index contributed by atoms with van der Waals surface area (Å²) < 4.78 is 0.829. The van der Waals surface area contributed by atoms with E-state index in [2.05, 4.69) is 40.4 Å². The molecule has 2 aromatic rings. The Bertz CT molecular complexity index is 1100. The van der Waals surface area contributed by atoms with E-state index in [0.717, 1.165) is 15.6 Å². The van der Waals surface area contributed by atoms with Gasteiger partial charge in [0, 0.05) is 28.3 Å². The molecule has 0 saturated carbocycles. The Morgan fingerprint density at radius 1 is 1.06 bits per heavy atom. The van der Waals surface area contributed by atoms with Crippen LogP contribution >= 0.6 is 15.9 Å². The average molecular weight is 496 g/mol. The highest BCUT2D eigenvalue weighted by Crippen LogP contribution is 2.54. The van der Waals surface area contributed by atoms with Crippen molar-refractivity contribution in [3.05, 3.63) is 64.1 Å². The van der Waals surface area contributed by atoms with Gasteiger partial charge in [0.05, 0.1) is 11.8 Å². The molecule has 1 spiro atoms. The van der Waals surface area contributed by atoms with Crippen molar-refractivity contribution in [1.82, 2.24) is 10.2 Å². The highest BCUT2D eigenvalue weighted by atomic mass is 79.9. The lowest BCUT2D eigenvalue weighted by atomic mass is 9.76. The van der Waals surface area contributed by atoms with Crippen LogP contribution in [0.25, 0.3) is 0 Å². The summed E-state index contributed by atoms with van der Waals surface area (Å²) in [5.41, 5.74) is 1.28. The largest absolute Gasteiger partial charge is 0.324 e. The third-order valence-corrected chi connectivity index (χ3v) is 7.45. The number of amides is 3. The number of hydrogen-bond acceptors (Lipinski definition) is 4. The normalized spacial score (nSPS) is 28.6. The van der Waals surface area contributed by atoms with Crippen molar-refractivity contribution >= 4 is 39.3 Å². The maximum absolute atomic E-state index is 13.7. The summed E-state index contributed by atoms with van der Waals surface area (Å²) in [5.74, 6) is -1.64. The monoisotopic (exact) mass is 495 g/mol. The van der Waals surface area contributed by atoms with Crippen LogP contribution in [0.2, 0.25) is 0 Å². The summed E-state index contributed by atoms with van der Waals surface area (Å²) in [4.78, 5) is 42.1. The van der Waals surface area contributed by atoms with E-state index in [9.17, 15) is 14.4 Å². The first-order valence-corrected chi connectivity index (χ1v) is 11.9. The van der Waals surface area contributed by atoms with Crippen molar-refractivity contribution in [3.63, 3.8) is 0 Å². The number of imide groups is 1. The molecule has 7 heteroatoms. The smallest absolute Gasteiger partial charge is 0.250 e. The molecule has 2 N–H and O–H groups in total. The fraction of sp³-hybridized carbons (Fsp3) is 0.400. The van der Waals surface area contributed by atoms with Crippen molar-refractivity contribution in [1.29, 1.82) is 0 Å². The van der Waals surface area contributed by atoms with Gasteiger partial charge in [-0.15, -0.1) is 0 Å². The Kier molecular flexibility index (Phi) is 5.21. The van der Waals surface area contributed by atoms with Gasteiger partial charge >= 0.3 is 0 Å². The number of carbonyl (C=O) groups is 3. The first-order chi connectivity index (χ1) is 15.3. The Morgan fingerprint density at radius 3 is 2.53 bits per heavy atom. The zero-order chi connectivity index (χ0) is 22.6. The molecule has 32 heavy (non-hydrogen) atoms. The molecule has 3 aliphatic heterocycles. The number of halogens is 1. The third-order valence-electron chi connectivity index (χ3n) is 6.96. The number of nitrogens with zero attached hydrogens (tertiary/aromatic N) is 1. The number of nitrogens with one attached hydrogen (secondary N) is 2. The maximum Gasteiger partial charge on any atom is 0.250 e. The predicted molar refractivity (Wildman–Crippen MR) is 125 cm³/mol. The molecule has 0 unspecified atom stereocenters. The minimum Gasteiger partial charge on any atom is -0.324 e. The predicted octanol–water partition coefficient (Wildman–Crippen LogP) is 3.46. The standard InChI is InChI=1S/C25H26BrN3O3/c1-14(2)12-19-20-21(23(31)29(22(20)30)11-10-15-6-4-3-5-7-15)25(28-19)17-13-16(26)8-9-18(17)27-24(25)32/h3-9,13-14,19-21,28H,10-12H2,1-2H3,(H,27,32)/t19-,20+,21-,25-/m0/s1. The summed E-state index contributed by atoms with van der Waals surface area (Å²) in [6.07, 6.45) is 1.31. The lowest BCUT2D eigenvalue weighted by molar-refractivity contribution is -0.142. The molecular formula is C25H26BrN3O3. The van der Waals surface area contributed by atoms with E-state index in [-0.39, 0.29) is 23.8 Å². The van der Waals surface area contributed by atoms with E-state index in [0.29, 0.717) is 31.0 Å². The minimum atomic E-state index is -1.22. The lowest BCUT2D eigenvalue weighted by Crippen LogP contribution is -2.53. The second-order valence-electron chi connectivity index (χ2n) is 9.40. The number of fused-ring (bicyclic) bond motifs is 4. The van der Waals surface area contributed by atoms with Crippen LogP contribution in [0.5, 0.6) is 0 Å². The Labute approximate surface area is 195 Å². The molecule has 2 aromatic carbocycles. The van der Waals surface area contributed by atoms with E-state index in [4.69, 9.17) is 0 Å². The summed E-state index contributed by atoms with van der Waals surface area (Å²) in [7, 11) is 0. The summed E-state index contributed by atoms with van der Waals surface area (Å²) >= 11 is 3.50. The number of rotatable bonds is 5. The second-order valence-corrected chi connectivity index (χ2v) is 10.3. The number of carbonyl (C=O) groups excluding carboxylic acids is 3. The molecule has 2 saturated heterocycles. The molecule has 4 atom stereocenters. The van der Waals surface area contributed by atoms with Crippen molar-refractivity contribution < 1.29 is 14.4 Å². The van der Waals surface area contributed by atoms with E-state index in [1.165, 1.54) is 4.90 Å². The van der Waals surface area contributed by atoms with Gasteiger partial charge in [-0.2, -0.15) is 0 Å². The van der Waals surface area contributed by atoms with Gasteiger partial charge in [0.1, 0.15) is 5.54 Å². The Balaban J connectivity index is 1.54. The number of anilines is 1. The minimum absolute atomic E-state index is 0.165. The van der Waals surface area contributed by atoms with Gasteiger partial charge in [0.25, 0.3) is 0 Å². The molecule has 0 aromatic heterocycles.